The summed E-state index contributed by atoms with van der Waals surface area (Å²) in [6.07, 6.45) is 0.774. The molecule has 1 heterocycles. The lowest BCUT2D eigenvalue weighted by molar-refractivity contribution is -0.141. The smallest absolute Gasteiger partial charge is 0.326 e. The van der Waals surface area contributed by atoms with E-state index in [-0.39, 0.29) is 22.6 Å². The second-order valence-corrected chi connectivity index (χ2v) is 4.69. The molecule has 19 heavy (non-hydrogen) atoms. The van der Waals surface area contributed by atoms with Gasteiger partial charge in [-0.2, -0.15) is 0 Å². The molecule has 100 valence electrons. The second kappa shape index (κ2) is 5.01. The summed E-state index contributed by atoms with van der Waals surface area (Å²) in [5, 5.41) is 9.34. The Kier molecular flexibility index (Phi) is 3.57. The minimum absolute atomic E-state index is 0.0940. The van der Waals surface area contributed by atoms with Crippen LogP contribution in [0.4, 0.5) is 0 Å². The molecule has 1 aliphatic heterocycles. The zero-order chi connectivity index (χ0) is 14.2. The van der Waals surface area contributed by atoms with Gasteiger partial charge in [-0.15, -0.1) is 0 Å². The van der Waals surface area contributed by atoms with Crippen molar-refractivity contribution in [2.45, 2.75) is 25.8 Å². The Morgan fingerprint density at radius 2 is 2.05 bits per heavy atom. The van der Waals surface area contributed by atoms with Crippen LogP contribution in [0.1, 0.15) is 40.5 Å². The maximum absolute atomic E-state index is 12.2. The van der Waals surface area contributed by atoms with Gasteiger partial charge in [0.2, 0.25) is 0 Å². The molecule has 0 spiro atoms. The third-order valence-corrected chi connectivity index (χ3v) is 3.37. The zero-order valence-corrected chi connectivity index (χ0v) is 11.0. The monoisotopic (exact) mass is 281 g/mol. The number of amides is 2. The topological polar surface area (TPSA) is 74.7 Å². The number of hydrogen-bond acceptors (Lipinski definition) is 3. The van der Waals surface area contributed by atoms with Crippen LogP contribution in [0.15, 0.2) is 18.2 Å². The largest absolute Gasteiger partial charge is 0.480 e. The van der Waals surface area contributed by atoms with Crippen molar-refractivity contribution in [2.75, 3.05) is 0 Å². The van der Waals surface area contributed by atoms with Gasteiger partial charge in [-0.05, 0) is 18.6 Å². The van der Waals surface area contributed by atoms with Crippen LogP contribution in [-0.4, -0.2) is 33.8 Å². The number of carboxylic acids is 1. The third kappa shape index (κ3) is 2.10. The molecule has 0 saturated carbocycles. The quantitative estimate of drug-likeness (QED) is 0.859. The summed E-state index contributed by atoms with van der Waals surface area (Å²) in [6, 6.07) is 3.40. The Morgan fingerprint density at radius 3 is 2.58 bits per heavy atom. The van der Waals surface area contributed by atoms with Gasteiger partial charge < -0.3 is 5.11 Å². The highest BCUT2D eigenvalue weighted by molar-refractivity contribution is 6.37. The number of aliphatic carboxylic acids is 1. The molecule has 1 unspecified atom stereocenters. The number of halogens is 1. The summed E-state index contributed by atoms with van der Waals surface area (Å²) < 4.78 is 0. The number of imide groups is 1. The first-order valence-corrected chi connectivity index (χ1v) is 6.26. The second-order valence-electron chi connectivity index (χ2n) is 4.29. The van der Waals surface area contributed by atoms with Gasteiger partial charge in [-0.3, -0.25) is 14.5 Å². The van der Waals surface area contributed by atoms with E-state index in [1.54, 1.807) is 13.0 Å². The lowest BCUT2D eigenvalue weighted by Gasteiger charge is -2.21. The first kappa shape index (κ1) is 13.5. The van der Waals surface area contributed by atoms with Gasteiger partial charge in [0.1, 0.15) is 6.04 Å². The number of carboxylic acid groups (broad SMARTS) is 1. The molecule has 1 aromatic carbocycles. The molecule has 2 rings (SSSR count). The van der Waals surface area contributed by atoms with Crippen LogP contribution >= 0.6 is 11.6 Å². The molecule has 0 bridgehead atoms. The molecule has 1 N–H and O–H groups in total. The summed E-state index contributed by atoms with van der Waals surface area (Å²) in [5.41, 5.74) is 0.261. The van der Waals surface area contributed by atoms with Crippen molar-refractivity contribution in [3.8, 4) is 0 Å². The predicted molar refractivity (Wildman–Crippen MR) is 68.3 cm³/mol. The maximum Gasteiger partial charge on any atom is 0.326 e. The summed E-state index contributed by atoms with van der Waals surface area (Å²) in [4.78, 5) is 36.4. The van der Waals surface area contributed by atoms with E-state index in [9.17, 15) is 14.4 Å². The van der Waals surface area contributed by atoms with E-state index in [1.807, 2.05) is 0 Å². The number of benzene rings is 1. The minimum atomic E-state index is -1.19. The Hall–Kier alpha value is -1.88. The first-order valence-electron chi connectivity index (χ1n) is 5.88. The van der Waals surface area contributed by atoms with Gasteiger partial charge in [-0.1, -0.05) is 31.0 Å². The molecule has 0 fully saturated rings. The van der Waals surface area contributed by atoms with Gasteiger partial charge in [0.25, 0.3) is 11.8 Å². The van der Waals surface area contributed by atoms with Crippen molar-refractivity contribution in [1.29, 1.82) is 0 Å². The van der Waals surface area contributed by atoms with Crippen molar-refractivity contribution in [2.24, 2.45) is 0 Å². The summed E-state index contributed by atoms with van der Waals surface area (Å²) >= 11 is 5.91. The molecule has 0 radical (unpaired) electrons. The fraction of sp³-hybridized carbons (Fsp3) is 0.308. The number of hydrogen-bond donors (Lipinski definition) is 1. The normalized spacial score (nSPS) is 15.6. The van der Waals surface area contributed by atoms with Crippen LogP contribution in [0, 0.1) is 0 Å². The number of carbonyl (C=O) groups excluding carboxylic acids is 2. The highest BCUT2D eigenvalue weighted by Gasteiger charge is 2.43. The van der Waals surface area contributed by atoms with Crippen LogP contribution in [0.2, 0.25) is 5.02 Å². The molecule has 1 aliphatic rings. The van der Waals surface area contributed by atoms with Crippen molar-refractivity contribution in [3.63, 3.8) is 0 Å². The van der Waals surface area contributed by atoms with E-state index in [4.69, 9.17) is 16.7 Å². The SMILES string of the molecule is CCCC(C(=O)O)N1C(=O)c2cccc(Cl)c2C1=O. The summed E-state index contributed by atoms with van der Waals surface area (Å²) in [5.74, 6) is -2.41. The molecular weight excluding hydrogens is 270 g/mol. The van der Waals surface area contributed by atoms with Crippen molar-refractivity contribution in [1.82, 2.24) is 4.90 Å². The van der Waals surface area contributed by atoms with Gasteiger partial charge in [0, 0.05) is 0 Å². The standard InChI is InChI=1S/C13H12ClNO4/c1-2-4-9(13(18)19)15-11(16)7-5-3-6-8(14)10(7)12(15)17/h3,5-6,9H,2,4H2,1H3,(H,18,19). The number of nitrogens with zero attached hydrogens (tertiary/aromatic N) is 1. The maximum atomic E-state index is 12.2. The zero-order valence-electron chi connectivity index (χ0n) is 10.2. The van der Waals surface area contributed by atoms with E-state index >= 15 is 0 Å². The number of rotatable bonds is 4. The summed E-state index contributed by atoms with van der Waals surface area (Å²) in [6.45, 7) is 1.79. The number of carbonyl (C=O) groups is 3. The fourth-order valence-electron chi connectivity index (χ4n) is 2.18. The van der Waals surface area contributed by atoms with Gasteiger partial charge in [0.05, 0.1) is 16.1 Å². The van der Waals surface area contributed by atoms with E-state index in [0.29, 0.717) is 6.42 Å². The molecule has 5 nitrogen and oxygen atoms in total. The molecule has 2 amide bonds. The Bertz CT molecular complexity index is 570. The lowest BCUT2D eigenvalue weighted by atomic mass is 10.1. The fourth-order valence-corrected chi connectivity index (χ4v) is 2.44. The Labute approximate surface area is 114 Å². The van der Waals surface area contributed by atoms with Crippen LogP contribution in [-0.2, 0) is 4.79 Å². The highest BCUT2D eigenvalue weighted by atomic mass is 35.5. The van der Waals surface area contributed by atoms with Gasteiger partial charge >= 0.3 is 5.97 Å². The Morgan fingerprint density at radius 1 is 1.37 bits per heavy atom. The third-order valence-electron chi connectivity index (χ3n) is 3.05. The minimum Gasteiger partial charge on any atom is -0.480 e. The van der Waals surface area contributed by atoms with Crippen molar-refractivity contribution < 1.29 is 19.5 Å². The average molecular weight is 282 g/mol. The van der Waals surface area contributed by atoms with Crippen LogP contribution in [0.25, 0.3) is 0 Å². The molecule has 0 saturated heterocycles. The molecule has 0 aliphatic carbocycles. The molecule has 6 heteroatoms. The number of fused-ring (bicyclic) bond motifs is 1. The van der Waals surface area contributed by atoms with Crippen molar-refractivity contribution in [3.05, 3.63) is 34.3 Å². The van der Waals surface area contributed by atoms with Gasteiger partial charge in [0.15, 0.2) is 0 Å². The Balaban J connectivity index is 2.47. The molecule has 1 atom stereocenters. The van der Waals surface area contributed by atoms with E-state index in [2.05, 4.69) is 0 Å². The highest BCUT2D eigenvalue weighted by Crippen LogP contribution is 2.31. The molecular formula is C13H12ClNO4. The predicted octanol–water partition coefficient (Wildman–Crippen LogP) is 2.19. The van der Waals surface area contributed by atoms with Crippen LogP contribution in [0.3, 0.4) is 0 Å². The van der Waals surface area contributed by atoms with E-state index < -0.39 is 23.8 Å². The molecule has 0 aromatic heterocycles. The van der Waals surface area contributed by atoms with E-state index in [1.165, 1.54) is 12.1 Å². The van der Waals surface area contributed by atoms with Crippen LogP contribution < -0.4 is 0 Å². The first-order chi connectivity index (χ1) is 8.99. The van der Waals surface area contributed by atoms with Gasteiger partial charge in [-0.25, -0.2) is 4.79 Å². The van der Waals surface area contributed by atoms with Crippen LogP contribution in [0.5, 0.6) is 0 Å². The van der Waals surface area contributed by atoms with Crippen molar-refractivity contribution >= 4 is 29.4 Å². The molecule has 1 aromatic rings. The average Bonchev–Trinajstić information content (AvgIpc) is 2.60. The lowest BCUT2D eigenvalue weighted by Crippen LogP contribution is -2.44. The van der Waals surface area contributed by atoms with E-state index in [0.717, 1.165) is 4.90 Å². The summed E-state index contributed by atoms with van der Waals surface area (Å²) in [7, 11) is 0.